The fraction of sp³-hybridized carbons (Fsp3) is 0.235. The van der Waals surface area contributed by atoms with Crippen LogP contribution in [0.1, 0.15) is 6.92 Å². The summed E-state index contributed by atoms with van der Waals surface area (Å²) in [5.74, 6) is 1.88. The number of hydrogen-bond acceptors (Lipinski definition) is 3. The maximum atomic E-state index is 5.83. The lowest BCUT2D eigenvalue weighted by molar-refractivity contribution is 0.156. The van der Waals surface area contributed by atoms with Crippen LogP contribution in [0.4, 0.5) is 5.69 Å². The topological polar surface area (TPSA) is 68.9 Å². The van der Waals surface area contributed by atoms with E-state index in [0.29, 0.717) is 25.7 Å². The minimum atomic E-state index is 0.358. The van der Waals surface area contributed by atoms with E-state index < -0.39 is 0 Å². The van der Waals surface area contributed by atoms with Crippen molar-refractivity contribution in [3.05, 3.63) is 54.6 Å². The molecule has 0 saturated heterocycles. The third-order valence-electron chi connectivity index (χ3n) is 2.81. The van der Waals surface area contributed by atoms with Crippen molar-refractivity contribution in [3.8, 4) is 11.5 Å². The van der Waals surface area contributed by atoms with Crippen molar-refractivity contribution in [2.45, 2.75) is 6.92 Å². The summed E-state index contributed by atoms with van der Waals surface area (Å²) in [7, 11) is 0. The molecule has 0 heterocycles. The molecular formula is C17H21N3O2. The summed E-state index contributed by atoms with van der Waals surface area (Å²) in [4.78, 5) is 4.19. The molecule has 2 aromatic rings. The quantitative estimate of drug-likeness (QED) is 0.468. The molecule has 22 heavy (non-hydrogen) atoms. The predicted molar refractivity (Wildman–Crippen MR) is 89.6 cm³/mol. The molecule has 5 heteroatoms. The number of guanidine groups is 1. The highest BCUT2D eigenvalue weighted by Gasteiger charge is 2.00. The Labute approximate surface area is 130 Å². The number of anilines is 1. The van der Waals surface area contributed by atoms with E-state index >= 15 is 0 Å². The first kappa shape index (κ1) is 15.9. The smallest absolute Gasteiger partial charge is 0.193 e. The van der Waals surface area contributed by atoms with Crippen molar-refractivity contribution in [2.24, 2.45) is 10.7 Å². The number of nitrogens with two attached hydrogens (primary N) is 1. The number of ether oxygens (including phenoxy) is 2. The Balaban J connectivity index is 1.93. The average Bonchev–Trinajstić information content (AvgIpc) is 2.53. The maximum absolute atomic E-state index is 5.83. The number of rotatable bonds is 7. The van der Waals surface area contributed by atoms with Crippen LogP contribution in [0.3, 0.4) is 0 Å². The molecule has 5 nitrogen and oxygen atoms in total. The van der Waals surface area contributed by atoms with Crippen LogP contribution in [-0.2, 0) is 4.74 Å². The zero-order valence-electron chi connectivity index (χ0n) is 12.7. The summed E-state index contributed by atoms with van der Waals surface area (Å²) < 4.78 is 11.0. The molecule has 116 valence electrons. The monoisotopic (exact) mass is 299 g/mol. The first-order chi connectivity index (χ1) is 10.8. The molecule has 0 aliphatic carbocycles. The van der Waals surface area contributed by atoms with Crippen LogP contribution in [0.2, 0.25) is 0 Å². The average molecular weight is 299 g/mol. The Kier molecular flexibility index (Phi) is 6.26. The summed E-state index contributed by atoms with van der Waals surface area (Å²) in [5.41, 5.74) is 6.66. The minimum absolute atomic E-state index is 0.358. The molecule has 0 spiro atoms. The highest BCUT2D eigenvalue weighted by molar-refractivity contribution is 5.92. The van der Waals surface area contributed by atoms with Gasteiger partial charge in [-0.1, -0.05) is 24.3 Å². The number of hydrogen-bond donors (Lipinski definition) is 2. The Morgan fingerprint density at radius 3 is 2.64 bits per heavy atom. The van der Waals surface area contributed by atoms with Crippen molar-refractivity contribution < 1.29 is 9.47 Å². The summed E-state index contributed by atoms with van der Waals surface area (Å²) in [5, 5.41) is 3.04. The molecule has 0 aromatic heterocycles. The number of nitrogens with zero attached hydrogens (tertiary/aromatic N) is 1. The van der Waals surface area contributed by atoms with Gasteiger partial charge in [-0.05, 0) is 31.2 Å². The van der Waals surface area contributed by atoms with Gasteiger partial charge < -0.3 is 20.5 Å². The highest BCUT2D eigenvalue weighted by Crippen LogP contribution is 2.23. The van der Waals surface area contributed by atoms with E-state index in [-0.39, 0.29) is 0 Å². The van der Waals surface area contributed by atoms with Gasteiger partial charge in [-0.2, -0.15) is 0 Å². The molecule has 0 aliphatic heterocycles. The van der Waals surface area contributed by atoms with Gasteiger partial charge in [0.25, 0.3) is 0 Å². The second-order valence-electron chi connectivity index (χ2n) is 4.53. The third-order valence-corrected chi connectivity index (χ3v) is 2.81. The van der Waals surface area contributed by atoms with Crippen molar-refractivity contribution in [1.29, 1.82) is 0 Å². The van der Waals surface area contributed by atoms with Gasteiger partial charge in [0.1, 0.15) is 11.5 Å². The largest absolute Gasteiger partial charge is 0.457 e. The van der Waals surface area contributed by atoms with E-state index in [1.54, 1.807) is 0 Å². The molecule has 0 unspecified atom stereocenters. The van der Waals surface area contributed by atoms with Gasteiger partial charge in [-0.15, -0.1) is 0 Å². The van der Waals surface area contributed by atoms with Gasteiger partial charge in [0, 0.05) is 18.4 Å². The number of para-hydroxylation sites is 1. The molecule has 3 N–H and O–H groups in total. The van der Waals surface area contributed by atoms with Gasteiger partial charge in [0.05, 0.1) is 13.2 Å². The van der Waals surface area contributed by atoms with Gasteiger partial charge in [-0.25, -0.2) is 0 Å². The normalized spacial score (nSPS) is 11.2. The van der Waals surface area contributed by atoms with Crippen LogP contribution in [0.5, 0.6) is 11.5 Å². The number of nitrogens with one attached hydrogen (secondary N) is 1. The lowest BCUT2D eigenvalue weighted by Gasteiger charge is -2.09. The first-order valence-electron chi connectivity index (χ1n) is 7.25. The molecular weight excluding hydrogens is 278 g/mol. The first-order valence-corrected chi connectivity index (χ1v) is 7.25. The Bertz CT molecular complexity index is 600. The van der Waals surface area contributed by atoms with Crippen LogP contribution in [0.15, 0.2) is 59.6 Å². The summed E-state index contributed by atoms with van der Waals surface area (Å²) in [6, 6.07) is 17.2. The Morgan fingerprint density at radius 1 is 1.09 bits per heavy atom. The molecule has 0 aliphatic rings. The second-order valence-corrected chi connectivity index (χ2v) is 4.53. The highest BCUT2D eigenvalue weighted by atomic mass is 16.5. The fourth-order valence-electron chi connectivity index (χ4n) is 1.82. The van der Waals surface area contributed by atoms with Crippen LogP contribution in [0, 0.1) is 0 Å². The van der Waals surface area contributed by atoms with Gasteiger partial charge in [0.2, 0.25) is 0 Å². The lowest BCUT2D eigenvalue weighted by Crippen LogP contribution is -2.23. The van der Waals surface area contributed by atoms with E-state index in [1.807, 2.05) is 61.5 Å². The van der Waals surface area contributed by atoms with E-state index in [9.17, 15) is 0 Å². The van der Waals surface area contributed by atoms with Crippen molar-refractivity contribution in [1.82, 2.24) is 0 Å². The number of aliphatic imine (C=N–C) groups is 1. The van der Waals surface area contributed by atoms with Crippen LogP contribution in [-0.4, -0.2) is 25.7 Å². The standard InChI is InChI=1S/C17H21N3O2/c1-2-21-12-11-19-17(18)20-14-7-6-10-16(13-14)22-15-8-4-3-5-9-15/h3-10,13H,2,11-12H2,1H3,(H3,18,19,20). The minimum Gasteiger partial charge on any atom is -0.457 e. The van der Waals surface area contributed by atoms with E-state index in [1.165, 1.54) is 0 Å². The molecule has 0 atom stereocenters. The van der Waals surface area contributed by atoms with Crippen LogP contribution in [0.25, 0.3) is 0 Å². The summed E-state index contributed by atoms with van der Waals surface area (Å²) in [6.45, 7) is 3.73. The number of benzene rings is 2. The molecule has 0 bridgehead atoms. The third kappa shape index (κ3) is 5.46. The molecule has 2 aromatic carbocycles. The molecule has 0 saturated carbocycles. The lowest BCUT2D eigenvalue weighted by atomic mass is 10.3. The summed E-state index contributed by atoms with van der Waals surface area (Å²) >= 11 is 0. The zero-order chi connectivity index (χ0) is 15.6. The van der Waals surface area contributed by atoms with Gasteiger partial charge >= 0.3 is 0 Å². The van der Waals surface area contributed by atoms with E-state index in [4.69, 9.17) is 15.2 Å². The van der Waals surface area contributed by atoms with E-state index in [0.717, 1.165) is 17.2 Å². The van der Waals surface area contributed by atoms with Crippen LogP contribution >= 0.6 is 0 Å². The second kappa shape index (κ2) is 8.69. The maximum Gasteiger partial charge on any atom is 0.193 e. The van der Waals surface area contributed by atoms with E-state index in [2.05, 4.69) is 10.3 Å². The zero-order valence-corrected chi connectivity index (χ0v) is 12.7. The SMILES string of the molecule is CCOCCN=C(N)Nc1cccc(Oc2ccccc2)c1. The molecule has 0 fully saturated rings. The van der Waals surface area contributed by atoms with Gasteiger partial charge in [0.15, 0.2) is 5.96 Å². The van der Waals surface area contributed by atoms with Crippen molar-refractivity contribution in [3.63, 3.8) is 0 Å². The Hall–Kier alpha value is -2.53. The molecule has 0 radical (unpaired) electrons. The Morgan fingerprint density at radius 2 is 1.86 bits per heavy atom. The summed E-state index contributed by atoms with van der Waals surface area (Å²) in [6.07, 6.45) is 0. The van der Waals surface area contributed by atoms with Crippen molar-refractivity contribution >= 4 is 11.6 Å². The molecule has 0 amide bonds. The van der Waals surface area contributed by atoms with Crippen LogP contribution < -0.4 is 15.8 Å². The predicted octanol–water partition coefficient (Wildman–Crippen LogP) is 3.24. The van der Waals surface area contributed by atoms with Crippen molar-refractivity contribution in [2.75, 3.05) is 25.1 Å². The molecule has 2 rings (SSSR count). The fourth-order valence-corrected chi connectivity index (χ4v) is 1.82. The van der Waals surface area contributed by atoms with Gasteiger partial charge in [-0.3, -0.25) is 4.99 Å².